The van der Waals surface area contributed by atoms with Gasteiger partial charge >= 0.3 is 0 Å². The Kier molecular flexibility index (Phi) is 10.4. The molecule has 0 saturated heterocycles. The van der Waals surface area contributed by atoms with Crippen LogP contribution >= 0.6 is 27.5 Å². The Bertz CT molecular complexity index is 1090. The average molecular weight is 573 g/mol. The summed E-state index contributed by atoms with van der Waals surface area (Å²) in [6, 6.07) is 12.9. The number of hydrogen-bond donors (Lipinski definition) is 1. The summed E-state index contributed by atoms with van der Waals surface area (Å²) in [5.41, 5.74) is 1.13. The Morgan fingerprint density at radius 1 is 1.12 bits per heavy atom. The first kappa shape index (κ1) is 28.1. The van der Waals surface area contributed by atoms with E-state index in [0.29, 0.717) is 28.1 Å². The van der Waals surface area contributed by atoms with Crippen molar-refractivity contribution in [3.8, 4) is 0 Å². The number of hydrogen-bond acceptors (Lipinski definition) is 4. The van der Waals surface area contributed by atoms with Crippen molar-refractivity contribution < 1.29 is 18.0 Å². The third kappa shape index (κ3) is 8.29. The van der Waals surface area contributed by atoms with Crippen LogP contribution in [0.25, 0.3) is 0 Å². The van der Waals surface area contributed by atoms with Crippen molar-refractivity contribution in [2.24, 2.45) is 5.92 Å². The fraction of sp³-hybridized carbons (Fsp3) is 0.417. The minimum atomic E-state index is -3.77. The van der Waals surface area contributed by atoms with E-state index in [1.807, 2.05) is 20.8 Å². The number of sulfonamides is 1. The number of benzene rings is 2. The molecule has 7 nitrogen and oxygen atoms in total. The van der Waals surface area contributed by atoms with Crippen LogP contribution in [0.5, 0.6) is 0 Å². The molecule has 10 heteroatoms. The zero-order chi connectivity index (χ0) is 25.5. The van der Waals surface area contributed by atoms with E-state index < -0.39 is 28.5 Å². The van der Waals surface area contributed by atoms with Crippen molar-refractivity contribution >= 4 is 55.1 Å². The lowest BCUT2D eigenvalue weighted by atomic mass is 10.1. The maximum atomic E-state index is 13.6. The molecule has 2 aromatic rings. The van der Waals surface area contributed by atoms with Crippen LogP contribution in [0.2, 0.25) is 5.02 Å². The summed E-state index contributed by atoms with van der Waals surface area (Å²) in [4.78, 5) is 28.0. The second-order valence-corrected chi connectivity index (χ2v) is 11.7. The van der Waals surface area contributed by atoms with Crippen molar-refractivity contribution in [3.63, 3.8) is 0 Å². The van der Waals surface area contributed by atoms with Gasteiger partial charge in [0.05, 0.1) is 11.9 Å². The van der Waals surface area contributed by atoms with E-state index in [1.54, 1.807) is 48.5 Å². The van der Waals surface area contributed by atoms with Crippen molar-refractivity contribution in [1.82, 2.24) is 10.2 Å². The molecule has 0 aromatic heterocycles. The molecule has 0 spiro atoms. The van der Waals surface area contributed by atoms with Gasteiger partial charge in [-0.05, 0) is 48.2 Å². The van der Waals surface area contributed by atoms with Gasteiger partial charge in [0.15, 0.2) is 0 Å². The third-order valence-electron chi connectivity index (χ3n) is 5.11. The first-order valence-corrected chi connectivity index (χ1v) is 14.0. The second kappa shape index (κ2) is 12.6. The van der Waals surface area contributed by atoms with Crippen molar-refractivity contribution in [2.75, 3.05) is 23.7 Å². The molecule has 34 heavy (non-hydrogen) atoms. The van der Waals surface area contributed by atoms with E-state index in [2.05, 4.69) is 21.2 Å². The highest BCUT2D eigenvalue weighted by atomic mass is 79.9. The topological polar surface area (TPSA) is 86.8 Å². The van der Waals surface area contributed by atoms with E-state index >= 15 is 0 Å². The lowest BCUT2D eigenvalue weighted by molar-refractivity contribution is -0.140. The lowest BCUT2D eigenvalue weighted by Crippen LogP contribution is -2.52. The number of nitrogens with one attached hydrogen (secondary N) is 1. The van der Waals surface area contributed by atoms with E-state index in [0.717, 1.165) is 16.1 Å². The first-order chi connectivity index (χ1) is 15.9. The van der Waals surface area contributed by atoms with E-state index in [4.69, 9.17) is 11.6 Å². The highest BCUT2D eigenvalue weighted by Crippen LogP contribution is 2.23. The SMILES string of the molecule is CCC(C(=O)NCC(C)C)N(Cc1ccc(Cl)cc1)C(=O)CN(c1cccc(Br)c1)S(C)(=O)=O. The van der Waals surface area contributed by atoms with Crippen molar-refractivity contribution in [3.05, 3.63) is 63.6 Å². The van der Waals surface area contributed by atoms with Crippen LogP contribution in [0.3, 0.4) is 0 Å². The van der Waals surface area contributed by atoms with Gasteiger partial charge in [0, 0.05) is 22.6 Å². The van der Waals surface area contributed by atoms with Gasteiger partial charge in [0.25, 0.3) is 0 Å². The molecule has 186 valence electrons. The maximum Gasteiger partial charge on any atom is 0.244 e. The molecule has 2 amide bonds. The molecule has 0 radical (unpaired) electrons. The Balaban J connectivity index is 2.41. The summed E-state index contributed by atoms with van der Waals surface area (Å²) in [6.45, 7) is 5.98. The summed E-state index contributed by atoms with van der Waals surface area (Å²) < 4.78 is 26.9. The quantitative estimate of drug-likeness (QED) is 0.431. The fourth-order valence-corrected chi connectivity index (χ4v) is 4.73. The zero-order valence-electron chi connectivity index (χ0n) is 19.8. The molecule has 2 rings (SSSR count). The molecule has 0 saturated carbocycles. The summed E-state index contributed by atoms with van der Waals surface area (Å²) in [5.74, 6) is -0.502. The molecule has 0 heterocycles. The minimum Gasteiger partial charge on any atom is -0.354 e. The summed E-state index contributed by atoms with van der Waals surface area (Å²) >= 11 is 9.34. The van der Waals surface area contributed by atoms with Gasteiger partial charge in [0.1, 0.15) is 12.6 Å². The van der Waals surface area contributed by atoms with E-state index in [-0.39, 0.29) is 18.4 Å². The fourth-order valence-electron chi connectivity index (χ4n) is 3.37. The number of nitrogens with zero attached hydrogens (tertiary/aromatic N) is 2. The minimum absolute atomic E-state index is 0.139. The predicted molar refractivity (Wildman–Crippen MR) is 140 cm³/mol. The van der Waals surface area contributed by atoms with Gasteiger partial charge in [-0.15, -0.1) is 0 Å². The maximum absolute atomic E-state index is 13.6. The predicted octanol–water partition coefficient (Wildman–Crippen LogP) is 4.45. The van der Waals surface area contributed by atoms with E-state index in [9.17, 15) is 18.0 Å². The number of carbonyl (C=O) groups excluding carboxylic acids is 2. The van der Waals surface area contributed by atoms with Gasteiger partial charge in [0.2, 0.25) is 21.8 Å². The van der Waals surface area contributed by atoms with Crippen LogP contribution in [0.1, 0.15) is 32.8 Å². The van der Waals surface area contributed by atoms with Gasteiger partial charge in [-0.2, -0.15) is 0 Å². The normalized spacial score (nSPS) is 12.3. The largest absolute Gasteiger partial charge is 0.354 e. The number of carbonyl (C=O) groups is 2. The summed E-state index contributed by atoms with van der Waals surface area (Å²) in [6.07, 6.45) is 1.43. The van der Waals surface area contributed by atoms with Crippen molar-refractivity contribution in [2.45, 2.75) is 39.8 Å². The number of rotatable bonds is 11. The molecule has 0 bridgehead atoms. The summed E-state index contributed by atoms with van der Waals surface area (Å²) in [7, 11) is -3.77. The zero-order valence-corrected chi connectivity index (χ0v) is 23.0. The summed E-state index contributed by atoms with van der Waals surface area (Å²) in [5, 5.41) is 3.45. The van der Waals surface area contributed by atoms with Gasteiger partial charge < -0.3 is 10.2 Å². The lowest BCUT2D eigenvalue weighted by Gasteiger charge is -2.33. The van der Waals surface area contributed by atoms with Crippen molar-refractivity contribution in [1.29, 1.82) is 0 Å². The third-order valence-corrected chi connectivity index (χ3v) is 7.00. The van der Waals surface area contributed by atoms with Crippen LogP contribution in [0, 0.1) is 5.92 Å². The molecule has 0 fully saturated rings. The van der Waals surface area contributed by atoms with Gasteiger partial charge in [-0.1, -0.05) is 66.5 Å². The van der Waals surface area contributed by atoms with Crippen LogP contribution in [-0.2, 0) is 26.2 Å². The Morgan fingerprint density at radius 3 is 2.29 bits per heavy atom. The highest BCUT2D eigenvalue weighted by Gasteiger charge is 2.31. The Hall–Kier alpha value is -2.10. The molecule has 0 aliphatic heterocycles. The molecule has 1 N–H and O–H groups in total. The molecular formula is C24H31BrClN3O4S. The first-order valence-electron chi connectivity index (χ1n) is 11.0. The van der Waals surface area contributed by atoms with Gasteiger partial charge in [-0.25, -0.2) is 8.42 Å². The standard InChI is InChI=1S/C24H31BrClN3O4S/c1-5-22(24(31)27-14-17(2)3)28(15-18-9-11-20(26)12-10-18)23(30)16-29(34(4,32)33)21-8-6-7-19(25)13-21/h6-13,17,22H,5,14-16H2,1-4H3,(H,27,31). The highest BCUT2D eigenvalue weighted by molar-refractivity contribution is 9.10. The monoisotopic (exact) mass is 571 g/mol. The molecule has 0 aliphatic rings. The number of amides is 2. The van der Waals surface area contributed by atoms with Gasteiger partial charge in [-0.3, -0.25) is 13.9 Å². The molecule has 0 aliphatic carbocycles. The molecular weight excluding hydrogens is 542 g/mol. The molecule has 2 aromatic carbocycles. The average Bonchev–Trinajstić information content (AvgIpc) is 2.76. The van der Waals surface area contributed by atoms with Crippen LogP contribution in [0.4, 0.5) is 5.69 Å². The van der Waals surface area contributed by atoms with Crippen LogP contribution in [0.15, 0.2) is 53.0 Å². The van der Waals surface area contributed by atoms with Crippen LogP contribution in [-0.4, -0.2) is 50.5 Å². The second-order valence-electron chi connectivity index (χ2n) is 8.46. The smallest absolute Gasteiger partial charge is 0.244 e. The Labute approximate surface area is 215 Å². The van der Waals surface area contributed by atoms with E-state index in [1.165, 1.54) is 4.90 Å². The molecule has 1 atom stereocenters. The van der Waals surface area contributed by atoms with Crippen LogP contribution < -0.4 is 9.62 Å². The number of anilines is 1. The Morgan fingerprint density at radius 2 is 1.76 bits per heavy atom. The number of halogens is 2. The molecule has 1 unspecified atom stereocenters.